The van der Waals surface area contributed by atoms with Gasteiger partial charge in [0.2, 0.25) is 0 Å². The van der Waals surface area contributed by atoms with E-state index in [1.54, 1.807) is 0 Å². The summed E-state index contributed by atoms with van der Waals surface area (Å²) in [5.74, 6) is 0. The zero-order valence-electron chi connectivity index (χ0n) is 9.85. The average molecular weight is 214 g/mol. The van der Waals surface area contributed by atoms with Gasteiger partial charge in [0, 0.05) is 32.0 Å². The molecular formula is C14H18N2. The molecule has 2 aromatic rings. The third-order valence-corrected chi connectivity index (χ3v) is 2.81. The molecular weight excluding hydrogens is 196 g/mol. The summed E-state index contributed by atoms with van der Waals surface area (Å²) >= 11 is 0. The first-order valence-electron chi connectivity index (χ1n) is 5.65. The van der Waals surface area contributed by atoms with Gasteiger partial charge in [-0.05, 0) is 24.1 Å². The first kappa shape index (κ1) is 11.0. The normalized spacial score (nSPS) is 12.6. The average Bonchev–Trinajstić information content (AvgIpc) is 2.73. The van der Waals surface area contributed by atoms with Gasteiger partial charge in [-0.2, -0.15) is 0 Å². The van der Waals surface area contributed by atoms with E-state index in [2.05, 4.69) is 59.5 Å². The van der Waals surface area contributed by atoms with Crippen LogP contribution in [0.5, 0.6) is 0 Å². The van der Waals surface area contributed by atoms with Crippen LogP contribution in [0.15, 0.2) is 48.8 Å². The van der Waals surface area contributed by atoms with Crippen molar-refractivity contribution in [1.82, 2.24) is 9.88 Å². The first-order chi connectivity index (χ1) is 7.75. The van der Waals surface area contributed by atoms with Crippen LogP contribution in [-0.2, 0) is 13.6 Å². The maximum absolute atomic E-state index is 3.52. The van der Waals surface area contributed by atoms with E-state index in [-0.39, 0.29) is 0 Å². The molecule has 16 heavy (non-hydrogen) atoms. The van der Waals surface area contributed by atoms with Crippen LogP contribution in [0.1, 0.15) is 24.1 Å². The van der Waals surface area contributed by atoms with E-state index in [1.165, 1.54) is 11.1 Å². The molecule has 2 nitrogen and oxygen atoms in total. The van der Waals surface area contributed by atoms with Gasteiger partial charge in [-0.3, -0.25) is 0 Å². The van der Waals surface area contributed by atoms with Gasteiger partial charge >= 0.3 is 0 Å². The van der Waals surface area contributed by atoms with Crippen molar-refractivity contribution in [3.8, 4) is 0 Å². The Labute approximate surface area is 96.9 Å². The summed E-state index contributed by atoms with van der Waals surface area (Å²) in [6, 6.07) is 13.1. The van der Waals surface area contributed by atoms with Crippen LogP contribution in [-0.4, -0.2) is 4.57 Å². The molecule has 0 spiro atoms. The fourth-order valence-corrected chi connectivity index (χ4v) is 1.80. The number of nitrogens with one attached hydrogen (secondary N) is 1. The molecule has 1 atom stereocenters. The number of rotatable bonds is 4. The topological polar surface area (TPSA) is 17.0 Å². The number of hydrogen-bond acceptors (Lipinski definition) is 1. The zero-order valence-corrected chi connectivity index (χ0v) is 9.85. The van der Waals surface area contributed by atoms with Gasteiger partial charge in [-0.1, -0.05) is 30.3 Å². The van der Waals surface area contributed by atoms with Crippen LogP contribution in [0, 0.1) is 0 Å². The summed E-state index contributed by atoms with van der Waals surface area (Å²) in [7, 11) is 2.05. The second-order valence-corrected chi connectivity index (χ2v) is 4.20. The highest BCUT2D eigenvalue weighted by Crippen LogP contribution is 2.12. The molecule has 84 valence electrons. The fraction of sp³-hybridized carbons (Fsp3) is 0.286. The lowest BCUT2D eigenvalue weighted by molar-refractivity contribution is 0.574. The molecule has 0 saturated heterocycles. The fourth-order valence-electron chi connectivity index (χ4n) is 1.80. The summed E-state index contributed by atoms with van der Waals surface area (Å²) in [6.45, 7) is 3.11. The first-order valence-corrected chi connectivity index (χ1v) is 5.65. The Morgan fingerprint density at radius 3 is 2.56 bits per heavy atom. The van der Waals surface area contributed by atoms with Crippen molar-refractivity contribution in [2.75, 3.05) is 0 Å². The second-order valence-electron chi connectivity index (χ2n) is 4.20. The van der Waals surface area contributed by atoms with Crippen molar-refractivity contribution in [3.63, 3.8) is 0 Å². The van der Waals surface area contributed by atoms with E-state index in [0.717, 1.165) is 6.54 Å². The van der Waals surface area contributed by atoms with Gasteiger partial charge in [-0.15, -0.1) is 0 Å². The van der Waals surface area contributed by atoms with Crippen LogP contribution >= 0.6 is 0 Å². The standard InChI is InChI=1S/C14H18N2/c1-12(14-6-4-3-5-7-14)15-10-13-8-9-16(2)11-13/h3-9,11-12,15H,10H2,1-2H3. The van der Waals surface area contributed by atoms with Gasteiger partial charge < -0.3 is 9.88 Å². The Morgan fingerprint density at radius 1 is 1.19 bits per heavy atom. The maximum Gasteiger partial charge on any atom is 0.0294 e. The number of aromatic nitrogens is 1. The molecule has 1 aromatic heterocycles. The van der Waals surface area contributed by atoms with Crippen LogP contribution < -0.4 is 5.32 Å². The molecule has 1 heterocycles. The minimum absolute atomic E-state index is 0.390. The largest absolute Gasteiger partial charge is 0.357 e. The van der Waals surface area contributed by atoms with Crippen LogP contribution in [0.2, 0.25) is 0 Å². The number of aryl methyl sites for hydroxylation is 1. The van der Waals surface area contributed by atoms with Crippen molar-refractivity contribution in [3.05, 3.63) is 59.9 Å². The molecule has 0 saturated carbocycles. The molecule has 0 amide bonds. The highest BCUT2D eigenvalue weighted by Gasteiger charge is 2.03. The van der Waals surface area contributed by atoms with Gasteiger partial charge in [0.1, 0.15) is 0 Å². The maximum atomic E-state index is 3.52. The molecule has 0 aliphatic heterocycles. The molecule has 0 aliphatic rings. The molecule has 0 bridgehead atoms. The highest BCUT2D eigenvalue weighted by atomic mass is 14.9. The van der Waals surface area contributed by atoms with E-state index in [9.17, 15) is 0 Å². The SMILES string of the molecule is CC(NCc1ccn(C)c1)c1ccccc1. The molecule has 2 heteroatoms. The van der Waals surface area contributed by atoms with Crippen LogP contribution in [0.4, 0.5) is 0 Å². The monoisotopic (exact) mass is 214 g/mol. The quantitative estimate of drug-likeness (QED) is 0.828. The Kier molecular flexibility index (Phi) is 3.42. The van der Waals surface area contributed by atoms with Crippen molar-refractivity contribution in [2.45, 2.75) is 19.5 Å². The van der Waals surface area contributed by atoms with Crippen LogP contribution in [0.3, 0.4) is 0 Å². The number of hydrogen-bond donors (Lipinski definition) is 1. The van der Waals surface area contributed by atoms with E-state index in [1.807, 2.05) is 13.1 Å². The zero-order chi connectivity index (χ0) is 11.4. The summed E-state index contributed by atoms with van der Waals surface area (Å²) in [5.41, 5.74) is 2.66. The number of benzene rings is 1. The van der Waals surface area contributed by atoms with Gasteiger partial charge in [-0.25, -0.2) is 0 Å². The number of nitrogens with zero attached hydrogens (tertiary/aromatic N) is 1. The Hall–Kier alpha value is -1.54. The van der Waals surface area contributed by atoms with Crippen molar-refractivity contribution in [1.29, 1.82) is 0 Å². The van der Waals surface area contributed by atoms with Gasteiger partial charge in [0.25, 0.3) is 0 Å². The summed E-state index contributed by atoms with van der Waals surface area (Å²) < 4.78 is 2.07. The van der Waals surface area contributed by atoms with E-state index in [0.29, 0.717) is 6.04 Å². The molecule has 1 aromatic carbocycles. The van der Waals surface area contributed by atoms with Crippen LogP contribution in [0.25, 0.3) is 0 Å². The molecule has 0 aliphatic carbocycles. The molecule has 2 rings (SSSR count). The van der Waals surface area contributed by atoms with Crippen molar-refractivity contribution < 1.29 is 0 Å². The lowest BCUT2D eigenvalue weighted by atomic mass is 10.1. The summed E-state index contributed by atoms with van der Waals surface area (Å²) in [4.78, 5) is 0. The Bertz CT molecular complexity index is 431. The predicted octanol–water partition coefficient (Wildman–Crippen LogP) is 2.88. The lowest BCUT2D eigenvalue weighted by Crippen LogP contribution is -2.17. The lowest BCUT2D eigenvalue weighted by Gasteiger charge is -2.13. The Balaban J connectivity index is 1.91. The molecule has 1 unspecified atom stereocenters. The highest BCUT2D eigenvalue weighted by molar-refractivity contribution is 5.18. The van der Waals surface area contributed by atoms with Crippen molar-refractivity contribution in [2.24, 2.45) is 7.05 Å². The summed E-state index contributed by atoms with van der Waals surface area (Å²) in [5, 5.41) is 3.52. The van der Waals surface area contributed by atoms with E-state index < -0.39 is 0 Å². The van der Waals surface area contributed by atoms with E-state index in [4.69, 9.17) is 0 Å². The molecule has 0 radical (unpaired) electrons. The smallest absolute Gasteiger partial charge is 0.0294 e. The predicted molar refractivity (Wildman–Crippen MR) is 67.1 cm³/mol. The molecule has 0 fully saturated rings. The minimum atomic E-state index is 0.390. The minimum Gasteiger partial charge on any atom is -0.357 e. The van der Waals surface area contributed by atoms with Gasteiger partial charge in [0.05, 0.1) is 0 Å². The third kappa shape index (κ3) is 2.74. The van der Waals surface area contributed by atoms with Crippen molar-refractivity contribution >= 4 is 0 Å². The van der Waals surface area contributed by atoms with Gasteiger partial charge in [0.15, 0.2) is 0 Å². The van der Waals surface area contributed by atoms with E-state index >= 15 is 0 Å². The summed E-state index contributed by atoms with van der Waals surface area (Å²) in [6.07, 6.45) is 4.22. The molecule has 1 N–H and O–H groups in total. The second kappa shape index (κ2) is 4.99. The Morgan fingerprint density at radius 2 is 1.94 bits per heavy atom. The third-order valence-electron chi connectivity index (χ3n) is 2.81.